The van der Waals surface area contributed by atoms with Crippen LogP contribution in [0, 0.1) is 25.7 Å². The number of imidazole rings is 2. The molecule has 55 heavy (non-hydrogen) atoms. The molecule has 3 aromatic carbocycles. The van der Waals surface area contributed by atoms with Gasteiger partial charge in [0.2, 0.25) is 0 Å². The van der Waals surface area contributed by atoms with Crippen molar-refractivity contribution in [2.45, 2.75) is 60.9 Å². The minimum absolute atomic E-state index is 0. The van der Waals surface area contributed by atoms with Gasteiger partial charge in [-0.25, -0.2) is 19.0 Å². The largest absolute Gasteiger partial charge is 0.316 e. The number of fused-ring (bicyclic) bond motifs is 2. The second kappa shape index (κ2) is 16.3. The van der Waals surface area contributed by atoms with Crippen molar-refractivity contribution in [2.75, 3.05) is 26.2 Å². The number of nitrogens with zero attached hydrogens (tertiary/aromatic N) is 7. The van der Waals surface area contributed by atoms with E-state index in [0.717, 1.165) is 66.6 Å². The Labute approximate surface area is 321 Å². The first kappa shape index (κ1) is 39.0. The first-order chi connectivity index (χ1) is 25.7. The molecule has 0 spiro atoms. The summed E-state index contributed by atoms with van der Waals surface area (Å²) in [4.78, 5) is 42.6. The van der Waals surface area contributed by atoms with E-state index in [0.29, 0.717) is 34.5 Å². The quantitative estimate of drug-likeness (QED) is 0.173. The lowest BCUT2D eigenvalue weighted by molar-refractivity contribution is 0.318. The normalized spacial score (nSPS) is 19.5. The molecule has 2 aliphatic rings. The highest BCUT2D eigenvalue weighted by molar-refractivity contribution is 5.65. The van der Waals surface area contributed by atoms with Crippen LogP contribution in [0.5, 0.6) is 0 Å². The molecule has 2 fully saturated rings. The van der Waals surface area contributed by atoms with E-state index in [-0.39, 0.29) is 37.8 Å². The van der Waals surface area contributed by atoms with E-state index < -0.39 is 0 Å². The number of H-pyrrole nitrogens is 2. The lowest BCUT2D eigenvalue weighted by atomic mass is 9.97. The van der Waals surface area contributed by atoms with Crippen LogP contribution >= 0.6 is 0 Å². The van der Waals surface area contributed by atoms with E-state index in [2.05, 4.69) is 68.3 Å². The van der Waals surface area contributed by atoms with Crippen LogP contribution < -0.4 is 16.4 Å². The van der Waals surface area contributed by atoms with Crippen LogP contribution in [0.25, 0.3) is 33.8 Å². The van der Waals surface area contributed by atoms with Gasteiger partial charge in [-0.3, -0.25) is 14.5 Å². The van der Waals surface area contributed by atoms with Gasteiger partial charge in [-0.1, -0.05) is 108 Å². The van der Waals surface area contributed by atoms with Crippen molar-refractivity contribution in [3.8, 4) is 22.8 Å². The molecule has 2 aliphatic heterocycles. The second-order valence-corrected chi connectivity index (χ2v) is 14.6. The van der Waals surface area contributed by atoms with Crippen LogP contribution in [-0.4, -0.2) is 70.2 Å². The Morgan fingerprint density at radius 1 is 0.636 bits per heavy atom. The van der Waals surface area contributed by atoms with Gasteiger partial charge in [0.25, 0.3) is 11.1 Å². The fourth-order valence-corrected chi connectivity index (χ4v) is 7.75. The molecule has 0 amide bonds. The fraction of sp³-hybridized carbons (Fsp3) is 0.349. The van der Waals surface area contributed by atoms with E-state index >= 15 is 0 Å². The third-order valence-corrected chi connectivity index (χ3v) is 10.8. The van der Waals surface area contributed by atoms with Gasteiger partial charge in [-0.05, 0) is 48.9 Å². The zero-order valence-corrected chi connectivity index (χ0v) is 30.5. The molecule has 9 rings (SSSR count). The predicted molar refractivity (Wildman–Crippen MR) is 219 cm³/mol. The summed E-state index contributed by atoms with van der Waals surface area (Å²) in [6, 6.07) is 26.6. The van der Waals surface area contributed by atoms with Gasteiger partial charge in [0.15, 0.2) is 22.7 Å². The summed E-state index contributed by atoms with van der Waals surface area (Å²) in [6.45, 7) is 13.0. The molecule has 0 radical (unpaired) electrons. The van der Waals surface area contributed by atoms with Gasteiger partial charge >= 0.3 is 0 Å². The average molecular weight is 741 g/mol. The highest BCUT2D eigenvalue weighted by Crippen LogP contribution is 2.32. The topological polar surface area (TPSA) is 141 Å². The van der Waals surface area contributed by atoms with Gasteiger partial charge in [0, 0.05) is 49.1 Å². The van der Waals surface area contributed by atoms with Crippen LogP contribution in [0.4, 0.5) is 0 Å². The summed E-state index contributed by atoms with van der Waals surface area (Å²) in [7, 11) is 0. The minimum Gasteiger partial charge on any atom is -0.316 e. The maximum Gasteiger partial charge on any atom is 0.276 e. The highest BCUT2D eigenvalue weighted by Gasteiger charge is 2.33. The first-order valence-electron chi connectivity index (χ1n) is 18.3. The lowest BCUT2D eigenvalue weighted by Crippen LogP contribution is -2.23. The molecule has 0 bridgehead atoms. The summed E-state index contributed by atoms with van der Waals surface area (Å²) in [5, 5.41) is 12.9. The summed E-state index contributed by atoms with van der Waals surface area (Å²) >= 11 is 0. The van der Waals surface area contributed by atoms with Crippen LogP contribution in [-0.2, 0) is 6.54 Å². The molecule has 2 saturated heterocycles. The third-order valence-electron chi connectivity index (χ3n) is 10.8. The Kier molecular flexibility index (Phi) is 11.6. The standard InChI is InChI=1S/C24H25N5O.C17H19N5O.2CH4/c1-16-8-6-7-11-19(16)23-25-12-21-24(30)26-22(27-29(21)23)20-15-28(13-17(20)2)14-18-9-4-3-5-10-18;1-10-5-3-4-6-12(10)16-19-9-14-17(23)20-15(21-22(14)16)13-8-18-7-11(13)2;;/h3-12,17,20H,13-15H2,1-2H3,(H,26,27,30);3-6,9,11,13,18H,7-8H2,1-2H3,(H,20,21,23);2*1H4. The van der Waals surface area contributed by atoms with Crippen LogP contribution in [0.1, 0.15) is 68.9 Å². The number of aryl methyl sites for hydroxylation is 2. The zero-order valence-electron chi connectivity index (χ0n) is 30.5. The number of rotatable bonds is 6. The van der Waals surface area contributed by atoms with Gasteiger partial charge in [0.1, 0.15) is 11.6 Å². The number of nitrogens with one attached hydrogen (secondary N) is 3. The fourth-order valence-electron chi connectivity index (χ4n) is 7.75. The van der Waals surface area contributed by atoms with Crippen molar-refractivity contribution in [3.05, 3.63) is 140 Å². The van der Waals surface area contributed by atoms with Crippen molar-refractivity contribution < 1.29 is 0 Å². The molecular formula is C43H52N10O2. The summed E-state index contributed by atoms with van der Waals surface area (Å²) in [5.41, 5.74) is 6.19. The molecule has 0 aliphatic carbocycles. The van der Waals surface area contributed by atoms with Crippen molar-refractivity contribution in [3.63, 3.8) is 0 Å². The third kappa shape index (κ3) is 7.65. The first-order valence-corrected chi connectivity index (χ1v) is 18.3. The molecule has 4 aromatic heterocycles. The summed E-state index contributed by atoms with van der Waals surface area (Å²) in [5.74, 6) is 4.14. The molecule has 286 valence electrons. The van der Waals surface area contributed by atoms with Gasteiger partial charge in [-0.2, -0.15) is 10.2 Å². The number of hydrogen-bond donors (Lipinski definition) is 3. The van der Waals surface area contributed by atoms with Gasteiger partial charge < -0.3 is 15.3 Å². The molecule has 12 nitrogen and oxygen atoms in total. The Bertz CT molecular complexity index is 2520. The van der Waals surface area contributed by atoms with E-state index in [1.54, 1.807) is 21.4 Å². The van der Waals surface area contributed by atoms with E-state index in [9.17, 15) is 9.59 Å². The van der Waals surface area contributed by atoms with E-state index in [4.69, 9.17) is 10.2 Å². The zero-order chi connectivity index (χ0) is 36.6. The van der Waals surface area contributed by atoms with Crippen LogP contribution in [0.15, 0.2) is 101 Å². The van der Waals surface area contributed by atoms with E-state index in [1.807, 2.05) is 68.4 Å². The molecule has 4 unspecified atom stereocenters. The maximum absolute atomic E-state index is 12.8. The Morgan fingerprint density at radius 2 is 1.15 bits per heavy atom. The minimum atomic E-state index is -0.138. The van der Waals surface area contributed by atoms with Gasteiger partial charge in [-0.15, -0.1) is 0 Å². The average Bonchev–Trinajstić information content (AvgIpc) is 3.96. The SMILES string of the molecule is C.C.Cc1ccccc1-c1ncc2c(=O)[nH]c(C3CN(Cc4ccccc4)CC3C)nn12.Cc1ccccc1-c1ncc2c(=O)[nH]c(C3CNCC3C)nn12. The molecule has 0 saturated carbocycles. The van der Waals surface area contributed by atoms with Crippen LogP contribution in [0.3, 0.4) is 0 Å². The molecule has 4 atom stereocenters. The number of benzene rings is 3. The summed E-state index contributed by atoms with van der Waals surface area (Å²) < 4.78 is 3.39. The van der Waals surface area contributed by atoms with Crippen molar-refractivity contribution >= 4 is 11.0 Å². The number of aromatic nitrogens is 8. The lowest BCUT2D eigenvalue weighted by Gasteiger charge is -2.16. The summed E-state index contributed by atoms with van der Waals surface area (Å²) in [6.07, 6.45) is 3.20. The maximum atomic E-state index is 12.8. The molecule has 12 heteroatoms. The smallest absolute Gasteiger partial charge is 0.276 e. The number of hydrogen-bond acceptors (Lipinski definition) is 8. The van der Waals surface area contributed by atoms with Crippen LogP contribution in [0.2, 0.25) is 0 Å². The Balaban J connectivity index is 0.000000186. The van der Waals surface area contributed by atoms with Gasteiger partial charge in [0.05, 0.1) is 12.4 Å². The van der Waals surface area contributed by atoms with Crippen molar-refractivity contribution in [1.29, 1.82) is 0 Å². The molecule has 7 aromatic rings. The highest BCUT2D eigenvalue weighted by atomic mass is 16.1. The number of likely N-dealkylation sites (tertiary alicyclic amines) is 1. The molecular weight excluding hydrogens is 689 g/mol. The molecule has 3 N–H and O–H groups in total. The Morgan fingerprint density at radius 3 is 1.65 bits per heavy atom. The van der Waals surface area contributed by atoms with Crippen molar-refractivity contribution in [1.82, 2.24) is 49.4 Å². The van der Waals surface area contributed by atoms with E-state index in [1.165, 1.54) is 5.56 Å². The monoisotopic (exact) mass is 740 g/mol. The Hall–Kier alpha value is -5.72. The second-order valence-electron chi connectivity index (χ2n) is 14.6. The number of aromatic amines is 2. The van der Waals surface area contributed by atoms with Crippen molar-refractivity contribution in [2.24, 2.45) is 11.8 Å². The molecule has 6 heterocycles. The predicted octanol–water partition coefficient (Wildman–Crippen LogP) is 6.62.